The summed E-state index contributed by atoms with van der Waals surface area (Å²) in [6.45, 7) is 1.82. The minimum Gasteiger partial charge on any atom is -0.462 e. The molecule has 3 aromatic rings. The zero-order chi connectivity index (χ0) is 20.5. The van der Waals surface area contributed by atoms with Gasteiger partial charge in [0.05, 0.1) is 17.4 Å². The number of esters is 1. The van der Waals surface area contributed by atoms with Crippen molar-refractivity contribution in [3.63, 3.8) is 0 Å². The first-order chi connectivity index (χ1) is 14.0. The highest BCUT2D eigenvalue weighted by molar-refractivity contribution is 5.97. The lowest BCUT2D eigenvalue weighted by Crippen LogP contribution is -2.28. The topological polar surface area (TPSA) is 105 Å². The number of nitrogens with two attached hydrogens (primary N) is 1. The monoisotopic (exact) mass is 390 g/mol. The maximum absolute atomic E-state index is 12.8. The van der Waals surface area contributed by atoms with Crippen molar-refractivity contribution in [3.8, 4) is 5.75 Å². The van der Waals surface area contributed by atoms with Crippen molar-refractivity contribution in [2.75, 3.05) is 6.61 Å². The van der Waals surface area contributed by atoms with Gasteiger partial charge >= 0.3 is 5.97 Å². The van der Waals surface area contributed by atoms with Gasteiger partial charge in [0.1, 0.15) is 11.3 Å². The van der Waals surface area contributed by atoms with E-state index < -0.39 is 16.8 Å². The molecule has 0 radical (unpaired) electrons. The summed E-state index contributed by atoms with van der Waals surface area (Å²) in [7, 11) is 0. The summed E-state index contributed by atoms with van der Waals surface area (Å²) in [5.41, 5.74) is 7.07. The zero-order valence-corrected chi connectivity index (χ0v) is 15.6. The molecule has 0 unspecified atom stereocenters. The summed E-state index contributed by atoms with van der Waals surface area (Å²) in [6.07, 6.45) is 0. The number of nitro groups is 1. The molecule has 3 aromatic carbocycles. The van der Waals surface area contributed by atoms with E-state index in [4.69, 9.17) is 15.2 Å². The Hall–Kier alpha value is -3.87. The van der Waals surface area contributed by atoms with Gasteiger partial charge in [-0.3, -0.25) is 10.1 Å². The Morgan fingerprint density at radius 3 is 2.62 bits per heavy atom. The van der Waals surface area contributed by atoms with Gasteiger partial charge < -0.3 is 15.2 Å². The molecule has 0 saturated heterocycles. The molecule has 0 spiro atoms. The van der Waals surface area contributed by atoms with Crippen molar-refractivity contribution >= 4 is 22.4 Å². The van der Waals surface area contributed by atoms with E-state index in [0.29, 0.717) is 16.9 Å². The largest absolute Gasteiger partial charge is 0.462 e. The van der Waals surface area contributed by atoms with Crippen LogP contribution in [-0.2, 0) is 9.53 Å². The second-order valence-corrected chi connectivity index (χ2v) is 6.55. The molecule has 0 amide bonds. The lowest BCUT2D eigenvalue weighted by atomic mass is 9.80. The van der Waals surface area contributed by atoms with Crippen LogP contribution < -0.4 is 10.5 Å². The van der Waals surface area contributed by atoms with Crippen LogP contribution in [0.25, 0.3) is 10.8 Å². The number of fused-ring (bicyclic) bond motifs is 3. The molecule has 0 aliphatic carbocycles. The van der Waals surface area contributed by atoms with Crippen LogP contribution in [0.1, 0.15) is 24.0 Å². The van der Waals surface area contributed by atoms with Crippen LogP contribution in [0.5, 0.6) is 5.75 Å². The molecule has 2 N–H and O–H groups in total. The Balaban J connectivity index is 2.07. The third-order valence-electron chi connectivity index (χ3n) is 4.93. The smallest absolute Gasteiger partial charge is 0.340 e. The first kappa shape index (κ1) is 18.5. The van der Waals surface area contributed by atoms with E-state index in [1.54, 1.807) is 31.2 Å². The SMILES string of the molecule is CCOC(=O)C1=C(N)Oc2ccc3ccccc3c2[C@@H]1c1ccccc1[N+](=O)[O-]. The molecule has 29 heavy (non-hydrogen) atoms. The van der Waals surface area contributed by atoms with Crippen molar-refractivity contribution in [2.24, 2.45) is 5.73 Å². The van der Waals surface area contributed by atoms with Gasteiger partial charge in [0.15, 0.2) is 0 Å². The van der Waals surface area contributed by atoms with Gasteiger partial charge in [-0.2, -0.15) is 0 Å². The zero-order valence-electron chi connectivity index (χ0n) is 15.6. The number of carbonyl (C=O) groups excluding carboxylic acids is 1. The summed E-state index contributed by atoms with van der Waals surface area (Å²) in [5.74, 6) is -1.12. The van der Waals surface area contributed by atoms with Crippen LogP contribution in [0.2, 0.25) is 0 Å². The van der Waals surface area contributed by atoms with Crippen LogP contribution in [0.4, 0.5) is 5.69 Å². The van der Waals surface area contributed by atoms with Gasteiger partial charge in [-0.25, -0.2) is 4.79 Å². The van der Waals surface area contributed by atoms with E-state index in [-0.39, 0.29) is 23.8 Å². The van der Waals surface area contributed by atoms with Crippen molar-refractivity contribution in [1.29, 1.82) is 0 Å². The summed E-state index contributed by atoms with van der Waals surface area (Å²) < 4.78 is 11.0. The normalized spacial score (nSPS) is 15.6. The van der Waals surface area contributed by atoms with Gasteiger partial charge in [0.25, 0.3) is 5.69 Å². The number of para-hydroxylation sites is 1. The van der Waals surface area contributed by atoms with Gasteiger partial charge in [-0.05, 0) is 23.8 Å². The fourth-order valence-corrected chi connectivity index (χ4v) is 3.76. The lowest BCUT2D eigenvalue weighted by Gasteiger charge is -2.29. The van der Waals surface area contributed by atoms with E-state index in [0.717, 1.165) is 10.8 Å². The van der Waals surface area contributed by atoms with Crippen molar-refractivity contribution in [3.05, 3.63) is 93.4 Å². The second kappa shape index (κ2) is 7.27. The highest BCUT2D eigenvalue weighted by Gasteiger charge is 2.39. The Labute approximate surface area is 166 Å². The quantitative estimate of drug-likeness (QED) is 0.410. The predicted octanol–water partition coefficient (Wildman–Crippen LogP) is 4.01. The molecule has 1 heterocycles. The molecule has 1 aliphatic rings. The standard InChI is InChI=1S/C22H18N2O5/c1-2-28-22(25)20-19(15-9-5-6-10-16(15)24(26)27)18-14-8-4-3-7-13(14)11-12-17(18)29-21(20)23/h3-12,19H,2,23H2,1H3/t19-/m0/s1. The summed E-state index contributed by atoms with van der Waals surface area (Å²) in [5, 5.41) is 13.5. The Kier molecular flexibility index (Phi) is 4.64. The van der Waals surface area contributed by atoms with Crippen LogP contribution in [0, 0.1) is 10.1 Å². The number of nitrogens with zero attached hydrogens (tertiary/aromatic N) is 1. The third-order valence-corrected chi connectivity index (χ3v) is 4.93. The molecule has 4 rings (SSSR count). The van der Waals surface area contributed by atoms with E-state index in [9.17, 15) is 14.9 Å². The van der Waals surface area contributed by atoms with Gasteiger partial charge in [-0.15, -0.1) is 0 Å². The maximum atomic E-state index is 12.8. The van der Waals surface area contributed by atoms with Crippen molar-refractivity contribution in [1.82, 2.24) is 0 Å². The van der Waals surface area contributed by atoms with E-state index in [2.05, 4.69) is 0 Å². The number of rotatable bonds is 4. The second-order valence-electron chi connectivity index (χ2n) is 6.55. The first-order valence-electron chi connectivity index (χ1n) is 9.12. The van der Waals surface area contributed by atoms with Crippen molar-refractivity contribution in [2.45, 2.75) is 12.8 Å². The number of ether oxygens (including phenoxy) is 2. The summed E-state index contributed by atoms with van der Waals surface area (Å²) in [4.78, 5) is 24.1. The Morgan fingerprint density at radius 2 is 1.86 bits per heavy atom. The average Bonchev–Trinajstić information content (AvgIpc) is 2.72. The van der Waals surface area contributed by atoms with Crippen molar-refractivity contribution < 1.29 is 19.2 Å². The number of hydrogen-bond acceptors (Lipinski definition) is 6. The van der Waals surface area contributed by atoms with Crippen LogP contribution >= 0.6 is 0 Å². The molecule has 0 aromatic heterocycles. The van der Waals surface area contributed by atoms with Crippen LogP contribution in [0.3, 0.4) is 0 Å². The summed E-state index contributed by atoms with van der Waals surface area (Å²) in [6, 6.07) is 17.5. The maximum Gasteiger partial charge on any atom is 0.340 e. The molecule has 1 aliphatic heterocycles. The summed E-state index contributed by atoms with van der Waals surface area (Å²) >= 11 is 0. The highest BCUT2D eigenvalue weighted by Crippen LogP contribution is 2.48. The predicted molar refractivity (Wildman–Crippen MR) is 107 cm³/mol. The molecular weight excluding hydrogens is 372 g/mol. The lowest BCUT2D eigenvalue weighted by molar-refractivity contribution is -0.385. The van der Waals surface area contributed by atoms with E-state index in [1.807, 2.05) is 30.3 Å². The Morgan fingerprint density at radius 1 is 1.14 bits per heavy atom. The van der Waals surface area contributed by atoms with E-state index >= 15 is 0 Å². The fourth-order valence-electron chi connectivity index (χ4n) is 3.76. The van der Waals surface area contributed by atoms with Crippen LogP contribution in [-0.4, -0.2) is 17.5 Å². The first-order valence-corrected chi connectivity index (χ1v) is 9.12. The molecule has 146 valence electrons. The molecule has 0 saturated carbocycles. The number of nitro benzene ring substituents is 1. The third kappa shape index (κ3) is 3.06. The minimum absolute atomic E-state index is 0.0602. The van der Waals surface area contributed by atoms with E-state index in [1.165, 1.54) is 6.07 Å². The van der Waals surface area contributed by atoms with Gasteiger partial charge in [0.2, 0.25) is 5.88 Å². The molecule has 7 nitrogen and oxygen atoms in total. The number of benzene rings is 3. The van der Waals surface area contributed by atoms with Gasteiger partial charge in [-0.1, -0.05) is 48.5 Å². The molecule has 7 heteroatoms. The highest BCUT2D eigenvalue weighted by atomic mass is 16.6. The molecular formula is C22H18N2O5. The molecule has 0 bridgehead atoms. The molecule has 1 atom stereocenters. The molecule has 0 fully saturated rings. The average molecular weight is 390 g/mol. The minimum atomic E-state index is -0.800. The fraction of sp³-hybridized carbons (Fsp3) is 0.136. The Bertz CT molecular complexity index is 1170. The number of hydrogen-bond donors (Lipinski definition) is 1. The van der Waals surface area contributed by atoms with Crippen LogP contribution in [0.15, 0.2) is 72.1 Å². The van der Waals surface area contributed by atoms with Gasteiger partial charge in [0, 0.05) is 17.2 Å². The number of carbonyl (C=O) groups is 1.